The molecule has 1 N–H and O–H groups in total. The number of fused-ring (bicyclic) bond motifs is 1. The summed E-state index contributed by atoms with van der Waals surface area (Å²) in [7, 11) is 0. The molecule has 1 atom stereocenters. The topological polar surface area (TPSA) is 76.2 Å². The van der Waals surface area contributed by atoms with Gasteiger partial charge in [0.1, 0.15) is 5.52 Å². The lowest BCUT2D eigenvalue weighted by Gasteiger charge is -2.23. The Morgan fingerprint density at radius 1 is 1.17 bits per heavy atom. The van der Waals surface area contributed by atoms with E-state index in [0.29, 0.717) is 18.1 Å². The van der Waals surface area contributed by atoms with E-state index < -0.39 is 0 Å². The van der Waals surface area contributed by atoms with Gasteiger partial charge in [0.15, 0.2) is 5.58 Å². The van der Waals surface area contributed by atoms with E-state index in [1.165, 1.54) is 0 Å². The van der Waals surface area contributed by atoms with Gasteiger partial charge < -0.3 is 14.6 Å². The summed E-state index contributed by atoms with van der Waals surface area (Å²) in [6.45, 7) is 3.32. The number of amides is 1. The zero-order chi connectivity index (χ0) is 20.5. The molecule has 0 unspecified atom stereocenters. The molecule has 152 valence electrons. The number of oxazole rings is 1. The number of carbonyl (C=O) groups excluding carboxylic acids is 1. The quantitative estimate of drug-likeness (QED) is 0.552. The van der Waals surface area contributed by atoms with Gasteiger partial charge in [0.2, 0.25) is 0 Å². The molecule has 1 aliphatic rings. The van der Waals surface area contributed by atoms with Crippen LogP contribution < -0.4 is 10.2 Å². The zero-order valence-corrected chi connectivity index (χ0v) is 16.8. The lowest BCUT2D eigenvalue weighted by Crippen LogP contribution is -2.40. The number of nitrogens with zero attached hydrogens (tertiary/aromatic N) is 4. The average molecular weight is 401 g/mol. The van der Waals surface area contributed by atoms with Crippen LogP contribution in [0.15, 0.2) is 65.2 Å². The van der Waals surface area contributed by atoms with Crippen LogP contribution in [0.2, 0.25) is 0 Å². The summed E-state index contributed by atoms with van der Waals surface area (Å²) in [6, 6.07) is 18.4. The summed E-state index contributed by atoms with van der Waals surface area (Å²) < 4.78 is 7.72. The SMILES string of the molecule is Cc1c(C(=O)NC[C@@H]2CCCN2c2nc3ccccc3o2)cnn1-c1ccccc1. The molecule has 2 aromatic carbocycles. The maximum Gasteiger partial charge on any atom is 0.298 e. The van der Waals surface area contributed by atoms with Gasteiger partial charge in [-0.2, -0.15) is 10.1 Å². The van der Waals surface area contributed by atoms with E-state index in [9.17, 15) is 4.79 Å². The average Bonchev–Trinajstić information content (AvgIpc) is 3.50. The number of anilines is 1. The minimum absolute atomic E-state index is 0.112. The van der Waals surface area contributed by atoms with Crippen molar-refractivity contribution in [3.8, 4) is 5.69 Å². The highest BCUT2D eigenvalue weighted by Gasteiger charge is 2.29. The van der Waals surface area contributed by atoms with Gasteiger partial charge in [0, 0.05) is 13.1 Å². The number of hydrogen-bond acceptors (Lipinski definition) is 5. The van der Waals surface area contributed by atoms with E-state index in [4.69, 9.17) is 4.42 Å². The molecular weight excluding hydrogens is 378 g/mol. The van der Waals surface area contributed by atoms with Crippen LogP contribution in [0, 0.1) is 6.92 Å². The Kier molecular flexibility index (Phi) is 4.71. The molecule has 1 amide bonds. The molecule has 7 heteroatoms. The van der Waals surface area contributed by atoms with Gasteiger partial charge in [-0.1, -0.05) is 30.3 Å². The minimum atomic E-state index is -0.112. The van der Waals surface area contributed by atoms with Gasteiger partial charge in [-0.25, -0.2) is 4.68 Å². The largest absolute Gasteiger partial charge is 0.423 e. The molecule has 1 fully saturated rings. The maximum atomic E-state index is 12.8. The molecule has 4 aromatic rings. The zero-order valence-electron chi connectivity index (χ0n) is 16.8. The molecule has 1 aliphatic heterocycles. The van der Waals surface area contributed by atoms with E-state index in [1.807, 2.05) is 61.5 Å². The monoisotopic (exact) mass is 401 g/mol. The Balaban J connectivity index is 1.29. The number of nitrogens with one attached hydrogen (secondary N) is 1. The molecule has 2 aromatic heterocycles. The molecule has 7 nitrogen and oxygen atoms in total. The Labute approximate surface area is 174 Å². The van der Waals surface area contributed by atoms with E-state index in [1.54, 1.807) is 10.9 Å². The summed E-state index contributed by atoms with van der Waals surface area (Å²) in [5.74, 6) is -0.112. The smallest absolute Gasteiger partial charge is 0.298 e. The van der Waals surface area contributed by atoms with Crippen LogP contribution in [0.1, 0.15) is 28.9 Å². The summed E-state index contributed by atoms with van der Waals surface area (Å²) in [4.78, 5) is 19.6. The third-order valence-electron chi connectivity index (χ3n) is 5.66. The first-order valence-electron chi connectivity index (χ1n) is 10.2. The fraction of sp³-hybridized carbons (Fsp3) is 0.261. The molecule has 0 saturated carbocycles. The number of benzene rings is 2. The van der Waals surface area contributed by atoms with Crippen LogP contribution in [0.25, 0.3) is 16.8 Å². The third-order valence-corrected chi connectivity index (χ3v) is 5.66. The first-order valence-corrected chi connectivity index (χ1v) is 10.2. The van der Waals surface area contributed by atoms with E-state index in [-0.39, 0.29) is 11.9 Å². The van der Waals surface area contributed by atoms with E-state index in [2.05, 4.69) is 20.3 Å². The molecule has 0 bridgehead atoms. The summed E-state index contributed by atoms with van der Waals surface area (Å²) in [6.07, 6.45) is 3.66. The molecular formula is C23H23N5O2. The number of rotatable bonds is 5. The van der Waals surface area contributed by atoms with Crippen molar-refractivity contribution in [1.29, 1.82) is 0 Å². The Hall–Kier alpha value is -3.61. The normalized spacial score (nSPS) is 16.3. The van der Waals surface area contributed by atoms with Crippen LogP contribution >= 0.6 is 0 Å². The summed E-state index contributed by atoms with van der Waals surface area (Å²) >= 11 is 0. The molecule has 3 heterocycles. The number of aromatic nitrogens is 3. The Morgan fingerprint density at radius 2 is 1.97 bits per heavy atom. The lowest BCUT2D eigenvalue weighted by molar-refractivity contribution is 0.0950. The van der Waals surface area contributed by atoms with Crippen molar-refractivity contribution >= 4 is 23.0 Å². The maximum absolute atomic E-state index is 12.8. The second kappa shape index (κ2) is 7.67. The first-order chi connectivity index (χ1) is 14.7. The van der Waals surface area contributed by atoms with E-state index in [0.717, 1.165) is 41.9 Å². The van der Waals surface area contributed by atoms with Crippen molar-refractivity contribution in [3.63, 3.8) is 0 Å². The highest BCUT2D eigenvalue weighted by Crippen LogP contribution is 2.28. The second-order valence-corrected chi connectivity index (χ2v) is 7.55. The van der Waals surface area contributed by atoms with Crippen molar-refractivity contribution in [2.24, 2.45) is 0 Å². The lowest BCUT2D eigenvalue weighted by atomic mass is 10.2. The first kappa shape index (κ1) is 18.4. The molecule has 0 aliphatic carbocycles. The van der Waals surface area contributed by atoms with Gasteiger partial charge in [0.25, 0.3) is 11.9 Å². The molecule has 1 saturated heterocycles. The fourth-order valence-corrected chi connectivity index (χ4v) is 4.05. The molecule has 30 heavy (non-hydrogen) atoms. The number of carbonyl (C=O) groups is 1. The van der Waals surface area contributed by atoms with Gasteiger partial charge in [-0.05, 0) is 44.0 Å². The predicted molar refractivity (Wildman–Crippen MR) is 115 cm³/mol. The van der Waals surface area contributed by atoms with Crippen LogP contribution in [0.3, 0.4) is 0 Å². The Morgan fingerprint density at radius 3 is 2.80 bits per heavy atom. The van der Waals surface area contributed by atoms with Crippen molar-refractivity contribution in [3.05, 3.63) is 72.1 Å². The third kappa shape index (κ3) is 3.32. The fourth-order valence-electron chi connectivity index (χ4n) is 4.05. The highest BCUT2D eigenvalue weighted by atomic mass is 16.4. The van der Waals surface area contributed by atoms with Crippen molar-refractivity contribution in [2.75, 3.05) is 18.0 Å². The number of para-hydroxylation sites is 3. The summed E-state index contributed by atoms with van der Waals surface area (Å²) in [5, 5.41) is 7.47. The van der Waals surface area contributed by atoms with Gasteiger partial charge >= 0.3 is 0 Å². The van der Waals surface area contributed by atoms with Crippen LogP contribution in [-0.2, 0) is 0 Å². The van der Waals surface area contributed by atoms with Gasteiger partial charge in [-0.3, -0.25) is 4.79 Å². The second-order valence-electron chi connectivity index (χ2n) is 7.55. The van der Waals surface area contributed by atoms with Crippen molar-refractivity contribution < 1.29 is 9.21 Å². The molecule has 0 spiro atoms. The summed E-state index contributed by atoms with van der Waals surface area (Å²) in [5.41, 5.74) is 3.98. The Bertz CT molecular complexity index is 1150. The molecule has 0 radical (unpaired) electrons. The number of hydrogen-bond donors (Lipinski definition) is 1. The highest BCUT2D eigenvalue weighted by molar-refractivity contribution is 5.95. The molecule has 5 rings (SSSR count). The van der Waals surface area contributed by atoms with Gasteiger partial charge in [-0.15, -0.1) is 0 Å². The van der Waals surface area contributed by atoms with E-state index >= 15 is 0 Å². The van der Waals surface area contributed by atoms with Crippen LogP contribution in [0.5, 0.6) is 0 Å². The standard InChI is InChI=1S/C23H23N5O2/c1-16-19(15-25-28(16)17-8-3-2-4-9-17)22(29)24-14-18-10-7-13-27(18)23-26-20-11-5-6-12-21(20)30-23/h2-6,8-9,11-12,15,18H,7,10,13-14H2,1H3,(H,24,29)/t18-/m0/s1. The minimum Gasteiger partial charge on any atom is -0.423 e. The van der Waals surface area contributed by atoms with Gasteiger partial charge in [0.05, 0.1) is 29.2 Å². The van der Waals surface area contributed by atoms with Crippen molar-refractivity contribution in [2.45, 2.75) is 25.8 Å². The predicted octanol–water partition coefficient (Wildman–Crippen LogP) is 3.72. The van der Waals surface area contributed by atoms with Crippen LogP contribution in [-0.4, -0.2) is 39.8 Å². The van der Waals surface area contributed by atoms with Crippen molar-refractivity contribution in [1.82, 2.24) is 20.1 Å². The van der Waals surface area contributed by atoms with Crippen LogP contribution in [0.4, 0.5) is 6.01 Å².